The number of aryl methyl sites for hydroxylation is 1. The van der Waals surface area contributed by atoms with Crippen LogP contribution in [-0.4, -0.2) is 29.4 Å². The SMILES string of the molecule is CCc1ccc(C(=O)CCC(=O)NCC(O)C(C)(C)C)cc1. The quantitative estimate of drug-likeness (QED) is 0.761. The number of hydrogen-bond donors (Lipinski definition) is 2. The van der Waals surface area contributed by atoms with Crippen molar-refractivity contribution in [2.75, 3.05) is 6.54 Å². The Morgan fingerprint density at radius 2 is 1.73 bits per heavy atom. The Hall–Kier alpha value is -1.68. The molecule has 4 heteroatoms. The lowest BCUT2D eigenvalue weighted by Gasteiger charge is -2.25. The molecule has 0 aliphatic heterocycles. The number of nitrogens with one attached hydrogen (secondary N) is 1. The highest BCUT2D eigenvalue weighted by molar-refractivity contribution is 5.97. The van der Waals surface area contributed by atoms with E-state index in [1.165, 1.54) is 5.56 Å². The van der Waals surface area contributed by atoms with E-state index in [1.807, 2.05) is 45.0 Å². The lowest BCUT2D eigenvalue weighted by molar-refractivity contribution is -0.121. The molecule has 0 aromatic heterocycles. The van der Waals surface area contributed by atoms with Gasteiger partial charge in [-0.1, -0.05) is 52.0 Å². The van der Waals surface area contributed by atoms with Crippen molar-refractivity contribution in [2.45, 2.75) is 53.1 Å². The zero-order chi connectivity index (χ0) is 16.8. The van der Waals surface area contributed by atoms with Crippen LogP contribution >= 0.6 is 0 Å². The van der Waals surface area contributed by atoms with Gasteiger partial charge in [-0.05, 0) is 17.4 Å². The summed E-state index contributed by atoms with van der Waals surface area (Å²) in [6.07, 6.45) is 0.662. The van der Waals surface area contributed by atoms with Crippen LogP contribution in [-0.2, 0) is 11.2 Å². The highest BCUT2D eigenvalue weighted by atomic mass is 16.3. The molecule has 1 amide bonds. The number of Topliss-reactive ketones (excluding diaryl/α,β-unsaturated/α-hetero) is 1. The number of hydrogen-bond acceptors (Lipinski definition) is 3. The molecular formula is C18H27NO3. The average molecular weight is 305 g/mol. The molecular weight excluding hydrogens is 278 g/mol. The fourth-order valence-electron chi connectivity index (χ4n) is 1.90. The Morgan fingerprint density at radius 1 is 1.14 bits per heavy atom. The van der Waals surface area contributed by atoms with Crippen LogP contribution in [0.25, 0.3) is 0 Å². The fraction of sp³-hybridized carbons (Fsp3) is 0.556. The molecule has 1 unspecified atom stereocenters. The maximum atomic E-state index is 12.0. The predicted molar refractivity (Wildman–Crippen MR) is 87.9 cm³/mol. The van der Waals surface area contributed by atoms with Gasteiger partial charge in [0.05, 0.1) is 6.10 Å². The molecule has 0 radical (unpaired) electrons. The van der Waals surface area contributed by atoms with Crippen molar-refractivity contribution in [3.05, 3.63) is 35.4 Å². The summed E-state index contributed by atoms with van der Waals surface area (Å²) in [6.45, 7) is 8.00. The van der Waals surface area contributed by atoms with Crippen LogP contribution < -0.4 is 5.32 Å². The van der Waals surface area contributed by atoms with Crippen molar-refractivity contribution in [1.29, 1.82) is 0 Å². The molecule has 122 valence electrons. The maximum absolute atomic E-state index is 12.0. The molecule has 0 heterocycles. The Bertz CT molecular complexity index is 500. The smallest absolute Gasteiger partial charge is 0.220 e. The van der Waals surface area contributed by atoms with Crippen molar-refractivity contribution < 1.29 is 14.7 Å². The van der Waals surface area contributed by atoms with E-state index < -0.39 is 6.10 Å². The van der Waals surface area contributed by atoms with Crippen LogP contribution in [0.3, 0.4) is 0 Å². The molecule has 0 saturated carbocycles. The second kappa shape index (κ2) is 8.08. The van der Waals surface area contributed by atoms with E-state index in [4.69, 9.17) is 0 Å². The van der Waals surface area contributed by atoms with Gasteiger partial charge in [0.25, 0.3) is 0 Å². The van der Waals surface area contributed by atoms with Gasteiger partial charge in [0.1, 0.15) is 0 Å². The normalized spacial score (nSPS) is 12.8. The van der Waals surface area contributed by atoms with Crippen LogP contribution in [0.4, 0.5) is 0 Å². The molecule has 1 atom stereocenters. The molecule has 0 bridgehead atoms. The number of benzene rings is 1. The lowest BCUT2D eigenvalue weighted by Crippen LogP contribution is -2.39. The summed E-state index contributed by atoms with van der Waals surface area (Å²) >= 11 is 0. The molecule has 0 fully saturated rings. The minimum Gasteiger partial charge on any atom is -0.391 e. The van der Waals surface area contributed by atoms with Gasteiger partial charge >= 0.3 is 0 Å². The van der Waals surface area contributed by atoms with E-state index in [0.29, 0.717) is 5.56 Å². The second-order valence-corrected chi connectivity index (χ2v) is 6.66. The Balaban J connectivity index is 2.38. The van der Waals surface area contributed by atoms with Gasteiger partial charge in [-0.3, -0.25) is 9.59 Å². The topological polar surface area (TPSA) is 66.4 Å². The standard InChI is InChI=1S/C18H27NO3/c1-5-13-6-8-14(9-7-13)15(20)10-11-17(22)19-12-16(21)18(2,3)4/h6-9,16,21H,5,10-12H2,1-4H3,(H,19,22). The summed E-state index contributed by atoms with van der Waals surface area (Å²) in [4.78, 5) is 23.8. The van der Waals surface area contributed by atoms with Gasteiger partial charge < -0.3 is 10.4 Å². The van der Waals surface area contributed by atoms with Crippen LogP contribution in [0.15, 0.2) is 24.3 Å². The van der Waals surface area contributed by atoms with Gasteiger partial charge in [-0.25, -0.2) is 0 Å². The summed E-state index contributed by atoms with van der Waals surface area (Å²) in [5, 5.41) is 12.5. The number of carbonyl (C=O) groups is 2. The van der Waals surface area contributed by atoms with Gasteiger partial charge in [-0.2, -0.15) is 0 Å². The molecule has 1 aromatic carbocycles. The molecule has 22 heavy (non-hydrogen) atoms. The molecule has 2 N–H and O–H groups in total. The molecule has 1 rings (SSSR count). The summed E-state index contributed by atoms with van der Waals surface area (Å²) in [5.41, 5.74) is 1.55. The minimum absolute atomic E-state index is 0.0332. The predicted octanol–water partition coefficient (Wildman–Crippen LogP) is 2.74. The highest BCUT2D eigenvalue weighted by Gasteiger charge is 2.22. The third-order valence-electron chi connectivity index (χ3n) is 3.76. The fourth-order valence-corrected chi connectivity index (χ4v) is 1.90. The number of carbonyl (C=O) groups excluding carboxylic acids is 2. The van der Waals surface area contributed by atoms with Crippen LogP contribution in [0.5, 0.6) is 0 Å². The Morgan fingerprint density at radius 3 is 2.23 bits per heavy atom. The number of aliphatic hydroxyl groups is 1. The van der Waals surface area contributed by atoms with Gasteiger partial charge in [0.2, 0.25) is 5.91 Å². The molecule has 1 aromatic rings. The van der Waals surface area contributed by atoms with Crippen molar-refractivity contribution >= 4 is 11.7 Å². The summed E-state index contributed by atoms with van der Waals surface area (Å²) in [7, 11) is 0. The minimum atomic E-state index is -0.603. The first-order valence-electron chi connectivity index (χ1n) is 7.81. The number of amides is 1. The number of rotatable bonds is 7. The van der Waals surface area contributed by atoms with Crippen molar-refractivity contribution in [1.82, 2.24) is 5.32 Å². The van der Waals surface area contributed by atoms with Gasteiger partial charge in [0, 0.05) is 24.9 Å². The van der Waals surface area contributed by atoms with Crippen LogP contribution in [0.2, 0.25) is 0 Å². The van der Waals surface area contributed by atoms with E-state index in [1.54, 1.807) is 0 Å². The Kier molecular flexibility index (Phi) is 6.75. The monoisotopic (exact) mass is 305 g/mol. The van der Waals surface area contributed by atoms with E-state index in [0.717, 1.165) is 6.42 Å². The first kappa shape index (κ1) is 18.4. The largest absolute Gasteiger partial charge is 0.391 e. The Labute approximate surface area is 132 Å². The average Bonchev–Trinajstić information content (AvgIpc) is 2.49. The highest BCUT2D eigenvalue weighted by Crippen LogP contribution is 2.18. The zero-order valence-electron chi connectivity index (χ0n) is 14.0. The van der Waals surface area contributed by atoms with Crippen LogP contribution in [0, 0.1) is 5.41 Å². The van der Waals surface area contributed by atoms with Gasteiger partial charge in [-0.15, -0.1) is 0 Å². The molecule has 0 aliphatic carbocycles. The van der Waals surface area contributed by atoms with Crippen molar-refractivity contribution in [3.8, 4) is 0 Å². The second-order valence-electron chi connectivity index (χ2n) is 6.66. The van der Waals surface area contributed by atoms with E-state index in [9.17, 15) is 14.7 Å². The number of aliphatic hydroxyl groups excluding tert-OH is 1. The lowest BCUT2D eigenvalue weighted by atomic mass is 9.89. The number of ketones is 1. The van der Waals surface area contributed by atoms with Crippen molar-refractivity contribution in [2.24, 2.45) is 5.41 Å². The van der Waals surface area contributed by atoms with Gasteiger partial charge in [0.15, 0.2) is 5.78 Å². The summed E-state index contributed by atoms with van der Waals surface area (Å²) in [5.74, 6) is -0.240. The first-order valence-corrected chi connectivity index (χ1v) is 7.81. The molecule has 4 nitrogen and oxygen atoms in total. The third kappa shape index (κ3) is 5.98. The van der Waals surface area contributed by atoms with E-state index in [2.05, 4.69) is 12.2 Å². The summed E-state index contributed by atoms with van der Waals surface area (Å²) < 4.78 is 0. The molecule has 0 spiro atoms. The zero-order valence-corrected chi connectivity index (χ0v) is 14.0. The van der Waals surface area contributed by atoms with Crippen LogP contribution in [0.1, 0.15) is 56.5 Å². The van der Waals surface area contributed by atoms with E-state index in [-0.39, 0.29) is 36.5 Å². The van der Waals surface area contributed by atoms with Crippen molar-refractivity contribution in [3.63, 3.8) is 0 Å². The summed E-state index contributed by atoms with van der Waals surface area (Å²) in [6, 6.07) is 7.49. The maximum Gasteiger partial charge on any atom is 0.220 e. The third-order valence-corrected chi connectivity index (χ3v) is 3.76. The molecule has 0 aliphatic rings. The first-order chi connectivity index (χ1) is 10.2. The molecule has 0 saturated heterocycles. The van der Waals surface area contributed by atoms with E-state index >= 15 is 0 Å².